The average molecular weight is 109 g/mol. The van der Waals surface area contributed by atoms with Crippen LogP contribution in [0.1, 0.15) is 6.92 Å². The lowest BCUT2D eigenvalue weighted by molar-refractivity contribution is 0.368. The van der Waals surface area contributed by atoms with E-state index in [1.54, 1.807) is 6.92 Å². The van der Waals surface area contributed by atoms with Crippen LogP contribution in [0.5, 0.6) is 0 Å². The largest absolute Gasteiger partial charge is 0.228 e. The molecule has 0 saturated carbocycles. The fourth-order valence-electron chi connectivity index (χ4n) is 0.0680. The van der Waals surface area contributed by atoms with Crippen LogP contribution in [0.25, 0.3) is 0 Å². The molecule has 1 atom stereocenters. The van der Waals surface area contributed by atoms with Gasteiger partial charge >= 0.3 is 0 Å². The second-order valence-electron chi connectivity index (χ2n) is 0.689. The zero-order valence-corrected chi connectivity index (χ0v) is 4.33. The summed E-state index contributed by atoms with van der Waals surface area (Å²) in [6.07, 6.45) is 0. The monoisotopic (exact) mass is 109 g/mol. The van der Waals surface area contributed by atoms with E-state index in [0.29, 0.717) is 5.75 Å². The summed E-state index contributed by atoms with van der Waals surface area (Å²) in [6, 6.07) is 0. The first-order valence-corrected chi connectivity index (χ1v) is 2.81. The highest BCUT2D eigenvalue weighted by molar-refractivity contribution is 7.80. The van der Waals surface area contributed by atoms with E-state index in [9.17, 15) is 4.21 Å². The van der Waals surface area contributed by atoms with Crippen molar-refractivity contribution in [1.29, 1.82) is 0 Å². The van der Waals surface area contributed by atoms with Gasteiger partial charge in [0.25, 0.3) is 0 Å². The summed E-state index contributed by atoms with van der Waals surface area (Å²) in [6.45, 7) is 1.73. The fourth-order valence-corrected chi connectivity index (χ4v) is 0.204. The smallest absolute Gasteiger partial charge is 0.172 e. The summed E-state index contributed by atoms with van der Waals surface area (Å²) in [5.41, 5.74) is 0. The van der Waals surface area contributed by atoms with Crippen molar-refractivity contribution in [2.45, 2.75) is 6.92 Å². The fraction of sp³-hybridized carbons (Fsp3) is 1.00. The van der Waals surface area contributed by atoms with Gasteiger partial charge in [-0.25, -0.2) is 8.49 Å². The van der Waals surface area contributed by atoms with E-state index >= 15 is 0 Å². The van der Waals surface area contributed by atoms with Crippen LogP contribution < -0.4 is 5.90 Å². The Morgan fingerprint density at radius 1 is 2.00 bits per heavy atom. The zero-order valence-electron chi connectivity index (χ0n) is 3.51. The number of nitrogens with two attached hydrogens (primary N) is 1. The Morgan fingerprint density at radius 2 is 2.50 bits per heavy atom. The molecule has 0 aliphatic rings. The molecule has 6 heavy (non-hydrogen) atoms. The maximum absolute atomic E-state index is 9.94. The van der Waals surface area contributed by atoms with Gasteiger partial charge in [0.2, 0.25) is 0 Å². The molecule has 0 aromatic carbocycles. The van der Waals surface area contributed by atoms with Crippen molar-refractivity contribution in [3.05, 3.63) is 0 Å². The third-order valence-corrected chi connectivity index (χ3v) is 1.03. The minimum absolute atomic E-state index is 0.455. The predicted molar refractivity (Wildman–Crippen MR) is 24.0 cm³/mol. The van der Waals surface area contributed by atoms with Crippen molar-refractivity contribution in [1.82, 2.24) is 0 Å². The molecule has 0 aliphatic heterocycles. The van der Waals surface area contributed by atoms with Crippen molar-refractivity contribution in [3.63, 3.8) is 0 Å². The van der Waals surface area contributed by atoms with Gasteiger partial charge in [0, 0.05) is 5.75 Å². The standard InChI is InChI=1S/C2H7NO2S/c1-2-6(4)5-3/h2-3H2,1H3. The lowest BCUT2D eigenvalue weighted by Gasteiger charge is -1.85. The highest BCUT2D eigenvalue weighted by atomic mass is 32.2. The third-order valence-electron chi connectivity index (χ3n) is 0.343. The second kappa shape index (κ2) is 3.27. The Balaban J connectivity index is 2.99. The van der Waals surface area contributed by atoms with Gasteiger partial charge in [0.15, 0.2) is 11.1 Å². The van der Waals surface area contributed by atoms with Gasteiger partial charge in [0.1, 0.15) is 0 Å². The van der Waals surface area contributed by atoms with Crippen molar-refractivity contribution in [2.75, 3.05) is 5.75 Å². The Hall–Kier alpha value is 0.0700. The molecule has 0 aromatic heterocycles. The van der Waals surface area contributed by atoms with Crippen LogP contribution in [0, 0.1) is 0 Å². The molecule has 1 unspecified atom stereocenters. The van der Waals surface area contributed by atoms with Gasteiger partial charge in [-0.15, -0.1) is 0 Å². The average Bonchev–Trinajstić information content (AvgIpc) is 1.65. The van der Waals surface area contributed by atoms with Gasteiger partial charge < -0.3 is 0 Å². The lowest BCUT2D eigenvalue weighted by Crippen LogP contribution is -2.04. The molecule has 0 radical (unpaired) electrons. The van der Waals surface area contributed by atoms with Crippen molar-refractivity contribution >= 4 is 11.1 Å². The van der Waals surface area contributed by atoms with Gasteiger partial charge in [-0.3, -0.25) is 0 Å². The molecule has 0 bridgehead atoms. The highest BCUT2D eigenvalue weighted by Gasteiger charge is 1.85. The van der Waals surface area contributed by atoms with E-state index < -0.39 is 11.1 Å². The van der Waals surface area contributed by atoms with E-state index in [-0.39, 0.29) is 0 Å². The van der Waals surface area contributed by atoms with Crippen LogP contribution >= 0.6 is 0 Å². The summed E-state index contributed by atoms with van der Waals surface area (Å²) < 4.78 is 13.8. The summed E-state index contributed by atoms with van der Waals surface area (Å²) in [5, 5.41) is 0. The second-order valence-corrected chi connectivity index (χ2v) is 2.07. The van der Waals surface area contributed by atoms with E-state index in [4.69, 9.17) is 0 Å². The van der Waals surface area contributed by atoms with Crippen LogP contribution in [0.4, 0.5) is 0 Å². The van der Waals surface area contributed by atoms with E-state index in [0.717, 1.165) is 0 Å². The molecule has 0 rings (SSSR count). The molecule has 0 saturated heterocycles. The van der Waals surface area contributed by atoms with Crippen LogP contribution in [-0.2, 0) is 15.4 Å². The van der Waals surface area contributed by atoms with E-state index in [2.05, 4.69) is 10.2 Å². The van der Waals surface area contributed by atoms with E-state index in [1.165, 1.54) is 0 Å². The molecule has 38 valence electrons. The third kappa shape index (κ3) is 2.32. The van der Waals surface area contributed by atoms with E-state index in [1.807, 2.05) is 0 Å². The van der Waals surface area contributed by atoms with Crippen LogP contribution in [0.2, 0.25) is 0 Å². The molecule has 0 aromatic rings. The van der Waals surface area contributed by atoms with Gasteiger partial charge in [-0.05, 0) is 0 Å². The maximum atomic E-state index is 9.94. The minimum Gasteiger partial charge on any atom is -0.228 e. The predicted octanol–water partition coefficient (Wildman–Crippen LogP) is -0.440. The molecule has 0 spiro atoms. The molecule has 2 N–H and O–H groups in total. The molecule has 0 heterocycles. The Bertz CT molecular complexity index is 49.5. The number of hydrogen-bond acceptors (Lipinski definition) is 3. The summed E-state index contributed by atoms with van der Waals surface area (Å²) >= 11 is -1.26. The highest BCUT2D eigenvalue weighted by Crippen LogP contribution is 1.72. The SMILES string of the molecule is CCS(=O)ON. The number of hydrogen-bond donors (Lipinski definition) is 1. The molecular formula is C2H7NO2S. The van der Waals surface area contributed by atoms with Gasteiger partial charge in [-0.1, -0.05) is 6.92 Å². The molecule has 0 aliphatic carbocycles. The lowest BCUT2D eigenvalue weighted by atomic mass is 11.0. The molecular weight excluding hydrogens is 102 g/mol. The first kappa shape index (κ1) is 6.07. The molecule has 4 heteroatoms. The maximum Gasteiger partial charge on any atom is 0.172 e. The quantitative estimate of drug-likeness (QED) is 0.489. The summed E-state index contributed by atoms with van der Waals surface area (Å²) in [7, 11) is 0. The molecule has 0 fully saturated rings. The Kier molecular flexibility index (Phi) is 3.31. The minimum atomic E-state index is -1.26. The number of rotatable bonds is 2. The summed E-state index contributed by atoms with van der Waals surface area (Å²) in [4.78, 5) is 0. The molecule has 0 amide bonds. The first-order valence-electron chi connectivity index (χ1n) is 1.56. The Morgan fingerprint density at radius 3 is 2.50 bits per heavy atom. The van der Waals surface area contributed by atoms with Crippen LogP contribution in [0.15, 0.2) is 0 Å². The van der Waals surface area contributed by atoms with Crippen LogP contribution in [0.3, 0.4) is 0 Å². The normalized spacial score (nSPS) is 14.3. The van der Waals surface area contributed by atoms with Crippen molar-refractivity contribution in [2.24, 2.45) is 5.90 Å². The van der Waals surface area contributed by atoms with Gasteiger partial charge in [-0.2, -0.15) is 5.90 Å². The Labute approximate surface area is 39.1 Å². The van der Waals surface area contributed by atoms with Gasteiger partial charge in [0.05, 0.1) is 0 Å². The first-order chi connectivity index (χ1) is 2.81. The zero-order chi connectivity index (χ0) is 4.99. The van der Waals surface area contributed by atoms with Crippen molar-refractivity contribution in [3.8, 4) is 0 Å². The van der Waals surface area contributed by atoms with Crippen LogP contribution in [-0.4, -0.2) is 9.96 Å². The molecule has 3 nitrogen and oxygen atoms in total. The van der Waals surface area contributed by atoms with Crippen molar-refractivity contribution < 1.29 is 8.49 Å². The summed E-state index contributed by atoms with van der Waals surface area (Å²) in [5.74, 6) is 4.94. The topological polar surface area (TPSA) is 52.3 Å².